The van der Waals surface area contributed by atoms with E-state index in [1.807, 2.05) is 0 Å². The van der Waals surface area contributed by atoms with Crippen LogP contribution in [0.1, 0.15) is 20.8 Å². The molecule has 0 spiro atoms. The second-order valence-corrected chi connectivity index (χ2v) is 5.68. The first-order valence-electron chi connectivity index (χ1n) is 4.17. The summed E-state index contributed by atoms with van der Waals surface area (Å²) in [7, 11) is 0. The third-order valence-electron chi connectivity index (χ3n) is 1.19. The molecule has 1 nitrogen and oxygen atoms in total. The van der Waals surface area contributed by atoms with Gasteiger partial charge in [-0.15, -0.1) is 0 Å². The van der Waals surface area contributed by atoms with E-state index in [2.05, 4.69) is 44.9 Å². The van der Waals surface area contributed by atoms with Crippen molar-refractivity contribution in [3.8, 4) is 0 Å². The van der Waals surface area contributed by atoms with Crippen LogP contribution in [0.15, 0.2) is 23.6 Å². The van der Waals surface area contributed by atoms with Crippen LogP contribution in [0.4, 0.5) is 0 Å². The molecular weight excluding hydrogens is 198 g/mol. The van der Waals surface area contributed by atoms with Crippen molar-refractivity contribution in [1.82, 2.24) is 4.72 Å². The first-order chi connectivity index (χ1) is 5.87. The molecule has 0 fully saturated rings. The van der Waals surface area contributed by atoms with Crippen molar-refractivity contribution >= 4 is 23.7 Å². The molecule has 0 amide bonds. The lowest BCUT2D eigenvalue weighted by Crippen LogP contribution is -2.30. The molecule has 0 aliphatic heterocycles. The fraction of sp³-hybridized carbons (Fsp3) is 0.600. The molecule has 0 bridgehead atoms. The highest BCUT2D eigenvalue weighted by atomic mass is 32.2. The predicted octanol–water partition coefficient (Wildman–Crippen LogP) is 3.46. The molecule has 0 aromatic carbocycles. The van der Waals surface area contributed by atoms with Gasteiger partial charge in [0.25, 0.3) is 0 Å². The molecule has 0 aliphatic rings. The van der Waals surface area contributed by atoms with Gasteiger partial charge in [0.05, 0.1) is 0 Å². The Kier molecular flexibility index (Phi) is 5.85. The van der Waals surface area contributed by atoms with Gasteiger partial charge >= 0.3 is 0 Å². The highest BCUT2D eigenvalue weighted by molar-refractivity contribution is 8.01. The average molecular weight is 217 g/mol. The number of thioether (sulfide) groups is 1. The van der Waals surface area contributed by atoms with Crippen LogP contribution in [0.25, 0.3) is 0 Å². The maximum atomic E-state index is 3.96. The molecule has 0 saturated heterocycles. The first kappa shape index (κ1) is 13.1. The zero-order valence-electron chi connectivity index (χ0n) is 8.94. The van der Waals surface area contributed by atoms with Crippen LogP contribution in [-0.2, 0) is 0 Å². The summed E-state index contributed by atoms with van der Waals surface area (Å²) in [6, 6.07) is 0. The van der Waals surface area contributed by atoms with E-state index in [4.69, 9.17) is 0 Å². The van der Waals surface area contributed by atoms with E-state index in [0.29, 0.717) is 0 Å². The maximum absolute atomic E-state index is 3.96. The van der Waals surface area contributed by atoms with Crippen LogP contribution in [0.3, 0.4) is 0 Å². The Morgan fingerprint density at radius 3 is 2.23 bits per heavy atom. The van der Waals surface area contributed by atoms with E-state index >= 15 is 0 Å². The Morgan fingerprint density at radius 2 is 1.85 bits per heavy atom. The molecule has 0 saturated carbocycles. The summed E-state index contributed by atoms with van der Waals surface area (Å²) in [6.07, 6.45) is 2.07. The zero-order valence-corrected chi connectivity index (χ0v) is 10.6. The van der Waals surface area contributed by atoms with Gasteiger partial charge < -0.3 is 0 Å². The minimum absolute atomic E-state index is 0.118. The maximum Gasteiger partial charge on any atom is 0.0201 e. The average Bonchev–Trinajstić information content (AvgIpc) is 1.99. The summed E-state index contributed by atoms with van der Waals surface area (Å²) in [5, 5.41) is 0. The van der Waals surface area contributed by atoms with E-state index in [9.17, 15) is 0 Å². The molecule has 0 rings (SSSR count). The van der Waals surface area contributed by atoms with Crippen molar-refractivity contribution in [1.29, 1.82) is 0 Å². The molecule has 76 valence electrons. The number of rotatable bonds is 5. The Labute approximate surface area is 90.6 Å². The molecule has 3 heteroatoms. The molecule has 0 aromatic rings. The van der Waals surface area contributed by atoms with Gasteiger partial charge in [-0.25, -0.2) is 0 Å². The highest BCUT2D eigenvalue weighted by Crippen LogP contribution is 2.22. The van der Waals surface area contributed by atoms with Crippen LogP contribution in [0, 0.1) is 0 Å². The van der Waals surface area contributed by atoms with E-state index in [0.717, 1.165) is 16.2 Å². The molecule has 0 unspecified atom stereocenters. The fourth-order valence-electron chi connectivity index (χ4n) is 0.542. The third-order valence-corrected chi connectivity index (χ3v) is 3.08. The normalized spacial score (nSPS) is 11.4. The molecule has 0 aromatic heterocycles. The van der Waals surface area contributed by atoms with E-state index in [-0.39, 0.29) is 5.54 Å². The second-order valence-electron chi connectivity index (χ2n) is 3.91. The minimum atomic E-state index is 0.118. The summed E-state index contributed by atoms with van der Waals surface area (Å²) in [6.45, 7) is 14.3. The summed E-state index contributed by atoms with van der Waals surface area (Å²) >= 11 is 3.34. The van der Waals surface area contributed by atoms with Crippen molar-refractivity contribution in [3.63, 3.8) is 0 Å². The largest absolute Gasteiger partial charge is 0.255 e. The lowest BCUT2D eigenvalue weighted by atomic mass is 10.1. The van der Waals surface area contributed by atoms with Gasteiger partial charge in [0, 0.05) is 16.2 Å². The van der Waals surface area contributed by atoms with E-state index in [1.54, 1.807) is 23.7 Å². The summed E-state index contributed by atoms with van der Waals surface area (Å²) in [5.41, 5.74) is 1.22. The van der Waals surface area contributed by atoms with Crippen molar-refractivity contribution < 1.29 is 0 Å². The Morgan fingerprint density at radius 1 is 1.31 bits per heavy atom. The molecule has 0 aliphatic carbocycles. The highest BCUT2D eigenvalue weighted by Gasteiger charge is 2.10. The zero-order chi connectivity index (χ0) is 10.5. The third kappa shape index (κ3) is 7.23. The Bertz CT molecular complexity index is 192. The second kappa shape index (κ2) is 5.78. The lowest BCUT2D eigenvalue weighted by Gasteiger charge is -2.20. The Balaban J connectivity index is 3.82. The van der Waals surface area contributed by atoms with Crippen LogP contribution in [0.2, 0.25) is 0 Å². The fourth-order valence-corrected chi connectivity index (χ4v) is 1.80. The van der Waals surface area contributed by atoms with Gasteiger partial charge in [-0.3, -0.25) is 4.72 Å². The standard InChI is InChI=1S/C10H19NS2/c1-8(7-12-6)9(2)13-11-10(3,4)5/h11H,1-2,7H2,3-6H3. The molecule has 0 atom stereocenters. The van der Waals surface area contributed by atoms with Crippen LogP contribution >= 0.6 is 23.7 Å². The van der Waals surface area contributed by atoms with E-state index < -0.39 is 0 Å². The van der Waals surface area contributed by atoms with Crippen molar-refractivity contribution in [3.05, 3.63) is 23.6 Å². The van der Waals surface area contributed by atoms with Crippen molar-refractivity contribution in [2.45, 2.75) is 26.3 Å². The van der Waals surface area contributed by atoms with Crippen LogP contribution in [0.5, 0.6) is 0 Å². The van der Waals surface area contributed by atoms with Crippen molar-refractivity contribution in [2.75, 3.05) is 12.0 Å². The van der Waals surface area contributed by atoms with Gasteiger partial charge in [0.2, 0.25) is 0 Å². The predicted molar refractivity (Wildman–Crippen MR) is 67.1 cm³/mol. The molecule has 1 N–H and O–H groups in total. The quantitative estimate of drug-likeness (QED) is 0.559. The number of hydrogen-bond acceptors (Lipinski definition) is 3. The first-order valence-corrected chi connectivity index (χ1v) is 6.38. The molecule has 0 heterocycles. The van der Waals surface area contributed by atoms with Crippen molar-refractivity contribution in [2.24, 2.45) is 0 Å². The topological polar surface area (TPSA) is 12.0 Å². The van der Waals surface area contributed by atoms with Crippen LogP contribution < -0.4 is 4.72 Å². The minimum Gasteiger partial charge on any atom is -0.255 e. The van der Waals surface area contributed by atoms with Gasteiger partial charge in [-0.2, -0.15) is 11.8 Å². The van der Waals surface area contributed by atoms with Gasteiger partial charge in [-0.1, -0.05) is 13.2 Å². The summed E-state index contributed by atoms with van der Waals surface area (Å²) in [4.78, 5) is 1.03. The van der Waals surface area contributed by atoms with Gasteiger partial charge in [-0.05, 0) is 44.5 Å². The monoisotopic (exact) mass is 217 g/mol. The Hall–Kier alpha value is 0.140. The number of nitrogens with one attached hydrogen (secondary N) is 1. The summed E-state index contributed by atoms with van der Waals surface area (Å²) in [5.74, 6) is 0.956. The summed E-state index contributed by atoms with van der Waals surface area (Å²) < 4.78 is 3.31. The number of hydrogen-bond donors (Lipinski definition) is 1. The van der Waals surface area contributed by atoms with E-state index in [1.165, 1.54) is 0 Å². The SMILES string of the molecule is C=C(CSC)C(=C)SNC(C)(C)C. The van der Waals surface area contributed by atoms with Gasteiger partial charge in [0.15, 0.2) is 0 Å². The molecule has 13 heavy (non-hydrogen) atoms. The number of allylic oxidation sites excluding steroid dienone is 1. The lowest BCUT2D eigenvalue weighted by molar-refractivity contribution is 0.536. The smallest absolute Gasteiger partial charge is 0.0201 e. The molecule has 0 radical (unpaired) electrons. The van der Waals surface area contributed by atoms with Gasteiger partial charge in [0.1, 0.15) is 0 Å². The molecular formula is C10H19NS2. The van der Waals surface area contributed by atoms with Crippen LogP contribution in [-0.4, -0.2) is 17.5 Å².